The minimum Gasteiger partial charge on any atom is -0.350 e. The molecular formula is C30H33BrClN5O2. The summed E-state index contributed by atoms with van der Waals surface area (Å²) in [5.74, 6) is -0.181. The smallest absolute Gasteiger partial charge is 0.244 e. The Hall–Kier alpha value is -2.81. The van der Waals surface area contributed by atoms with Gasteiger partial charge in [0.25, 0.3) is 0 Å². The number of hydrogen-bond donors (Lipinski definition) is 1. The molecule has 2 atom stereocenters. The van der Waals surface area contributed by atoms with Gasteiger partial charge in [-0.05, 0) is 81.7 Å². The van der Waals surface area contributed by atoms with E-state index in [0.29, 0.717) is 24.7 Å². The van der Waals surface area contributed by atoms with Crippen molar-refractivity contribution in [2.75, 3.05) is 19.6 Å². The van der Waals surface area contributed by atoms with Gasteiger partial charge in [0.2, 0.25) is 11.8 Å². The Labute approximate surface area is 243 Å². The molecule has 1 aromatic carbocycles. The van der Waals surface area contributed by atoms with Gasteiger partial charge in [-0.2, -0.15) is 0 Å². The predicted octanol–water partition coefficient (Wildman–Crippen LogP) is 5.10. The molecule has 1 unspecified atom stereocenters. The monoisotopic (exact) mass is 609 g/mol. The molecule has 1 fully saturated rings. The van der Waals surface area contributed by atoms with Gasteiger partial charge < -0.3 is 10.2 Å². The molecule has 9 heteroatoms. The van der Waals surface area contributed by atoms with Crippen LogP contribution >= 0.6 is 27.5 Å². The zero-order valence-corrected chi connectivity index (χ0v) is 24.4. The van der Waals surface area contributed by atoms with Gasteiger partial charge >= 0.3 is 0 Å². The maximum atomic E-state index is 13.7. The van der Waals surface area contributed by atoms with Crippen LogP contribution in [0.2, 0.25) is 5.02 Å². The van der Waals surface area contributed by atoms with Crippen molar-refractivity contribution in [2.45, 2.75) is 57.7 Å². The largest absolute Gasteiger partial charge is 0.350 e. The topological polar surface area (TPSA) is 78.4 Å². The summed E-state index contributed by atoms with van der Waals surface area (Å²) in [5, 5.41) is 3.75. The molecule has 0 bridgehead atoms. The molecule has 2 aliphatic rings. The Morgan fingerprint density at radius 1 is 1.15 bits per heavy atom. The van der Waals surface area contributed by atoms with E-state index in [0.717, 1.165) is 64.5 Å². The number of nitrogens with zero attached hydrogens (tertiary/aromatic N) is 4. The van der Waals surface area contributed by atoms with Crippen LogP contribution in [0.4, 0.5) is 0 Å². The molecule has 7 nitrogen and oxygen atoms in total. The van der Waals surface area contributed by atoms with E-state index >= 15 is 0 Å². The zero-order valence-electron chi connectivity index (χ0n) is 22.1. The summed E-state index contributed by atoms with van der Waals surface area (Å²) in [4.78, 5) is 40.2. The number of piperazine rings is 1. The van der Waals surface area contributed by atoms with Crippen molar-refractivity contribution >= 4 is 39.3 Å². The van der Waals surface area contributed by atoms with Crippen LogP contribution in [0.5, 0.6) is 0 Å². The highest BCUT2D eigenvalue weighted by atomic mass is 79.9. The normalized spacial score (nSPS) is 19.3. The van der Waals surface area contributed by atoms with Crippen molar-refractivity contribution in [1.82, 2.24) is 25.1 Å². The number of rotatable bonds is 8. The molecule has 0 radical (unpaired) electrons. The number of aryl methyl sites for hydroxylation is 2. The van der Waals surface area contributed by atoms with Gasteiger partial charge in [-0.1, -0.05) is 43.5 Å². The van der Waals surface area contributed by atoms with Crippen LogP contribution in [-0.2, 0) is 29.0 Å². The molecular weight excluding hydrogens is 578 g/mol. The predicted molar refractivity (Wildman–Crippen MR) is 155 cm³/mol. The maximum absolute atomic E-state index is 13.7. The molecule has 204 valence electrons. The summed E-state index contributed by atoms with van der Waals surface area (Å²) >= 11 is 9.97. The highest BCUT2D eigenvalue weighted by Crippen LogP contribution is 2.38. The number of nitrogens with one attached hydrogen (secondary N) is 1. The van der Waals surface area contributed by atoms with Gasteiger partial charge in [-0.3, -0.25) is 24.5 Å². The number of fused-ring (bicyclic) bond motifs is 2. The Morgan fingerprint density at radius 3 is 2.79 bits per heavy atom. The maximum Gasteiger partial charge on any atom is 0.244 e. The highest BCUT2D eigenvalue weighted by molar-refractivity contribution is 9.10. The fourth-order valence-electron chi connectivity index (χ4n) is 5.65. The number of halogens is 2. The van der Waals surface area contributed by atoms with Gasteiger partial charge in [0.1, 0.15) is 6.04 Å². The van der Waals surface area contributed by atoms with E-state index < -0.39 is 6.04 Å². The summed E-state index contributed by atoms with van der Waals surface area (Å²) in [5.41, 5.74) is 5.23. The van der Waals surface area contributed by atoms with Gasteiger partial charge in [0.05, 0.1) is 18.3 Å². The molecule has 2 aromatic heterocycles. The van der Waals surface area contributed by atoms with E-state index in [9.17, 15) is 9.59 Å². The lowest BCUT2D eigenvalue weighted by atomic mass is 9.95. The average molecular weight is 611 g/mol. The van der Waals surface area contributed by atoms with Crippen molar-refractivity contribution in [1.29, 1.82) is 0 Å². The van der Waals surface area contributed by atoms with E-state index in [2.05, 4.69) is 50.2 Å². The SMILES string of the molecule is CCCCCN1C(=O)CN(C2c3ccc(Cl)cc3CCc3cc(Br)cnc32)C[C@H]1C(=O)NCc1cccnc1. The van der Waals surface area contributed by atoms with Crippen LogP contribution in [0.3, 0.4) is 0 Å². The van der Waals surface area contributed by atoms with Crippen LogP contribution in [-0.4, -0.2) is 57.3 Å². The molecule has 0 saturated carbocycles. The number of aromatic nitrogens is 2. The number of unbranched alkanes of at least 4 members (excludes halogenated alkanes) is 2. The van der Waals surface area contributed by atoms with E-state index in [1.807, 2.05) is 30.5 Å². The number of pyridine rings is 2. The molecule has 5 rings (SSSR count). The molecule has 3 aromatic rings. The summed E-state index contributed by atoms with van der Waals surface area (Å²) in [6, 6.07) is 11.0. The average Bonchev–Trinajstić information content (AvgIpc) is 3.09. The summed E-state index contributed by atoms with van der Waals surface area (Å²) < 4.78 is 0.925. The fourth-order valence-corrected chi connectivity index (χ4v) is 6.22. The molecule has 0 spiro atoms. The highest BCUT2D eigenvalue weighted by Gasteiger charge is 2.41. The third-order valence-electron chi connectivity index (χ3n) is 7.59. The van der Waals surface area contributed by atoms with E-state index in [4.69, 9.17) is 16.6 Å². The van der Waals surface area contributed by atoms with Gasteiger partial charge in [-0.25, -0.2) is 0 Å². The Balaban J connectivity index is 1.48. The number of carbonyl (C=O) groups is 2. The molecule has 1 aliphatic heterocycles. The zero-order chi connectivity index (χ0) is 27.4. The van der Waals surface area contributed by atoms with Crippen LogP contribution in [0, 0.1) is 0 Å². The van der Waals surface area contributed by atoms with Crippen LogP contribution in [0.15, 0.2) is 59.5 Å². The van der Waals surface area contributed by atoms with Gasteiger partial charge in [0, 0.05) is 47.7 Å². The van der Waals surface area contributed by atoms with E-state index in [-0.39, 0.29) is 24.4 Å². The lowest BCUT2D eigenvalue weighted by Crippen LogP contribution is -2.62. The first-order chi connectivity index (χ1) is 18.9. The molecule has 39 heavy (non-hydrogen) atoms. The summed E-state index contributed by atoms with van der Waals surface area (Å²) in [7, 11) is 0. The number of carbonyl (C=O) groups excluding carboxylic acids is 2. The molecule has 1 aliphatic carbocycles. The first-order valence-electron chi connectivity index (χ1n) is 13.6. The lowest BCUT2D eigenvalue weighted by molar-refractivity contribution is -0.148. The van der Waals surface area contributed by atoms with Crippen LogP contribution in [0.1, 0.15) is 60.2 Å². The molecule has 2 amide bonds. The van der Waals surface area contributed by atoms with Crippen molar-refractivity contribution < 1.29 is 9.59 Å². The quantitative estimate of drug-likeness (QED) is 0.359. The number of amides is 2. The molecule has 1 N–H and O–H groups in total. The van der Waals surface area contributed by atoms with Gasteiger partial charge in [-0.15, -0.1) is 0 Å². The van der Waals surface area contributed by atoms with E-state index in [1.165, 1.54) is 0 Å². The minimum absolute atomic E-state index is 0.0303. The minimum atomic E-state index is -0.599. The molecule has 3 heterocycles. The second-order valence-corrected chi connectivity index (χ2v) is 11.6. The third kappa shape index (κ3) is 6.34. The van der Waals surface area contributed by atoms with Crippen LogP contribution < -0.4 is 5.32 Å². The second kappa shape index (κ2) is 12.6. The van der Waals surface area contributed by atoms with E-state index in [1.54, 1.807) is 17.3 Å². The fraction of sp³-hybridized carbons (Fsp3) is 0.400. The number of benzene rings is 1. The van der Waals surface area contributed by atoms with Gasteiger partial charge in [0.15, 0.2) is 0 Å². The standard InChI is InChI=1S/C30H33BrClN5O2/c1-2-3-4-12-37-26(30(39)35-16-20-6-5-11-33-15-20)18-36(19-27(37)38)29-25-10-9-24(32)14-21(25)7-8-22-13-23(31)17-34-28(22)29/h5-6,9-11,13-15,17,26,29H,2-4,7-8,12,16,18-19H2,1H3,(H,35,39)/t26-,29?/m0/s1. The van der Waals surface area contributed by atoms with Crippen molar-refractivity contribution in [3.63, 3.8) is 0 Å². The summed E-state index contributed by atoms with van der Waals surface area (Å²) in [6.07, 6.45) is 9.85. The molecule has 1 saturated heterocycles. The lowest BCUT2D eigenvalue weighted by Gasteiger charge is -2.43. The Morgan fingerprint density at radius 2 is 2.00 bits per heavy atom. The van der Waals surface area contributed by atoms with Crippen LogP contribution in [0.25, 0.3) is 0 Å². The first-order valence-corrected chi connectivity index (χ1v) is 14.7. The van der Waals surface area contributed by atoms with Crippen molar-refractivity contribution in [3.05, 3.63) is 92.4 Å². The second-order valence-electron chi connectivity index (χ2n) is 10.3. The first kappa shape index (κ1) is 27.7. The van der Waals surface area contributed by atoms with Crippen molar-refractivity contribution in [2.24, 2.45) is 0 Å². The Kier molecular flexibility index (Phi) is 8.95. The van der Waals surface area contributed by atoms with Crippen molar-refractivity contribution in [3.8, 4) is 0 Å². The summed E-state index contributed by atoms with van der Waals surface area (Å²) in [6.45, 7) is 3.72. The third-order valence-corrected chi connectivity index (χ3v) is 8.26. The number of hydrogen-bond acceptors (Lipinski definition) is 5. The Bertz CT molecular complexity index is 1280.